The van der Waals surface area contributed by atoms with Crippen LogP contribution in [0.3, 0.4) is 0 Å². The second-order valence-electron chi connectivity index (χ2n) is 4.26. The summed E-state index contributed by atoms with van der Waals surface area (Å²) in [7, 11) is 0. The molecule has 0 heterocycles. The zero-order valence-electron chi connectivity index (χ0n) is 12.2. The van der Waals surface area contributed by atoms with Gasteiger partial charge in [0.2, 0.25) is 0 Å². The number of rotatable bonds is 9. The first kappa shape index (κ1) is 18.5. The van der Waals surface area contributed by atoms with Gasteiger partial charge in [-0.05, 0) is 24.0 Å². The van der Waals surface area contributed by atoms with Crippen LogP contribution >= 0.6 is 23.4 Å². The van der Waals surface area contributed by atoms with Crippen LogP contribution in [0.25, 0.3) is 0 Å². The van der Waals surface area contributed by atoms with Crippen molar-refractivity contribution in [3.8, 4) is 0 Å². The highest BCUT2D eigenvalue weighted by Crippen LogP contribution is 2.25. The molecule has 22 heavy (non-hydrogen) atoms. The molecular formula is C15H18ClNO4S. The molecule has 1 atom stereocenters. The molecule has 120 valence electrons. The molecule has 0 fully saturated rings. The summed E-state index contributed by atoms with van der Waals surface area (Å²) in [6.07, 6.45) is 1.51. The lowest BCUT2D eigenvalue weighted by atomic mass is 10.2. The highest BCUT2D eigenvalue weighted by atomic mass is 35.5. The van der Waals surface area contributed by atoms with E-state index in [0.29, 0.717) is 10.6 Å². The first-order valence-electron chi connectivity index (χ1n) is 6.64. The maximum absolute atomic E-state index is 12.3. The van der Waals surface area contributed by atoms with Gasteiger partial charge in [-0.15, -0.1) is 18.3 Å². The van der Waals surface area contributed by atoms with Crippen molar-refractivity contribution in [1.29, 1.82) is 0 Å². The van der Waals surface area contributed by atoms with E-state index in [1.54, 1.807) is 12.1 Å². The van der Waals surface area contributed by atoms with E-state index < -0.39 is 17.9 Å². The van der Waals surface area contributed by atoms with Crippen LogP contribution in [-0.2, 0) is 9.53 Å². The fraction of sp³-hybridized carbons (Fsp3) is 0.333. The molecule has 7 heteroatoms. The largest absolute Gasteiger partial charge is 0.480 e. The number of ether oxygens (including phenoxy) is 1. The molecule has 1 amide bonds. The number of aliphatic carboxylic acids is 1. The Kier molecular flexibility index (Phi) is 8.01. The molecule has 0 radical (unpaired) electrons. The molecule has 0 aliphatic carbocycles. The molecule has 1 unspecified atom stereocenters. The molecule has 0 aliphatic rings. The van der Waals surface area contributed by atoms with Crippen LogP contribution in [0.15, 0.2) is 35.7 Å². The minimum atomic E-state index is -1.16. The fourth-order valence-corrected chi connectivity index (χ4v) is 2.60. The second kappa shape index (κ2) is 9.50. The Labute approximate surface area is 138 Å². The van der Waals surface area contributed by atoms with E-state index in [-0.39, 0.29) is 13.2 Å². The van der Waals surface area contributed by atoms with Crippen molar-refractivity contribution < 1.29 is 19.4 Å². The van der Waals surface area contributed by atoms with Gasteiger partial charge in [0, 0.05) is 9.92 Å². The predicted octanol–water partition coefficient (Wildman–Crippen LogP) is 2.84. The third-order valence-electron chi connectivity index (χ3n) is 2.61. The van der Waals surface area contributed by atoms with Gasteiger partial charge in [0.25, 0.3) is 5.91 Å². The van der Waals surface area contributed by atoms with Crippen molar-refractivity contribution in [1.82, 2.24) is 5.32 Å². The highest BCUT2D eigenvalue weighted by molar-refractivity contribution is 7.99. The van der Waals surface area contributed by atoms with E-state index in [2.05, 4.69) is 11.9 Å². The number of carboxylic acid groups (broad SMARTS) is 1. The number of carboxylic acids is 1. The third-order valence-corrected chi connectivity index (χ3v) is 3.80. The van der Waals surface area contributed by atoms with Crippen molar-refractivity contribution in [2.45, 2.75) is 17.9 Å². The molecular weight excluding hydrogens is 326 g/mol. The number of hydrogen-bond acceptors (Lipinski definition) is 4. The van der Waals surface area contributed by atoms with E-state index in [0.717, 1.165) is 10.6 Å². The molecule has 5 nitrogen and oxygen atoms in total. The summed E-state index contributed by atoms with van der Waals surface area (Å²) in [6, 6.07) is 3.83. The Morgan fingerprint density at radius 3 is 2.86 bits per heavy atom. The average molecular weight is 344 g/mol. The standard InChI is InChI=1S/C15H18ClNO4S/c1-3-7-21-9-12(15(19)20)17-14(18)11-8-10(16)5-6-13(11)22-4-2/h3,5-6,8,12H,1,4,7,9H2,2H3,(H,17,18)(H,19,20). The lowest BCUT2D eigenvalue weighted by molar-refractivity contribution is -0.140. The first-order valence-corrected chi connectivity index (χ1v) is 8.00. The van der Waals surface area contributed by atoms with Crippen LogP contribution in [0, 0.1) is 0 Å². The van der Waals surface area contributed by atoms with Crippen molar-refractivity contribution in [3.63, 3.8) is 0 Å². The zero-order chi connectivity index (χ0) is 16.5. The van der Waals surface area contributed by atoms with Crippen LogP contribution < -0.4 is 5.32 Å². The maximum Gasteiger partial charge on any atom is 0.328 e. The second-order valence-corrected chi connectivity index (χ2v) is 6.01. The number of benzene rings is 1. The Bertz CT molecular complexity index is 550. The van der Waals surface area contributed by atoms with Crippen LogP contribution in [0.2, 0.25) is 5.02 Å². The van der Waals surface area contributed by atoms with Crippen LogP contribution in [0.5, 0.6) is 0 Å². The number of halogens is 1. The molecule has 0 bridgehead atoms. The van der Waals surface area contributed by atoms with Crippen LogP contribution in [0.4, 0.5) is 0 Å². The minimum absolute atomic E-state index is 0.135. The van der Waals surface area contributed by atoms with E-state index in [9.17, 15) is 9.59 Å². The molecule has 0 aromatic heterocycles. The Morgan fingerprint density at radius 1 is 1.55 bits per heavy atom. The molecule has 1 aromatic carbocycles. The predicted molar refractivity (Wildman–Crippen MR) is 87.8 cm³/mol. The lowest BCUT2D eigenvalue weighted by Gasteiger charge is -2.16. The number of amides is 1. The van der Waals surface area contributed by atoms with Crippen LogP contribution in [0.1, 0.15) is 17.3 Å². The van der Waals surface area contributed by atoms with Gasteiger partial charge in [0.1, 0.15) is 0 Å². The van der Waals surface area contributed by atoms with Crippen molar-refractivity contribution in [3.05, 3.63) is 41.4 Å². The molecule has 1 rings (SSSR count). The molecule has 0 saturated carbocycles. The third kappa shape index (κ3) is 5.71. The molecule has 0 saturated heterocycles. The number of carbonyl (C=O) groups excluding carboxylic acids is 1. The monoisotopic (exact) mass is 343 g/mol. The maximum atomic E-state index is 12.3. The van der Waals surface area contributed by atoms with Gasteiger partial charge < -0.3 is 15.2 Å². The van der Waals surface area contributed by atoms with Gasteiger partial charge in [-0.2, -0.15) is 0 Å². The van der Waals surface area contributed by atoms with Crippen molar-refractivity contribution in [2.24, 2.45) is 0 Å². The first-order chi connectivity index (χ1) is 10.5. The summed E-state index contributed by atoms with van der Waals surface area (Å²) < 4.78 is 5.10. The Morgan fingerprint density at radius 2 is 2.27 bits per heavy atom. The van der Waals surface area contributed by atoms with Gasteiger partial charge in [0.15, 0.2) is 6.04 Å². The fourth-order valence-electron chi connectivity index (χ4n) is 1.64. The average Bonchev–Trinajstić information content (AvgIpc) is 2.48. The van der Waals surface area contributed by atoms with Gasteiger partial charge in [0.05, 0.1) is 18.8 Å². The van der Waals surface area contributed by atoms with E-state index in [1.165, 1.54) is 23.9 Å². The number of hydrogen-bond donors (Lipinski definition) is 2. The quantitative estimate of drug-likeness (QED) is 0.409. The number of thioether (sulfide) groups is 1. The van der Waals surface area contributed by atoms with Gasteiger partial charge in [-0.1, -0.05) is 24.6 Å². The molecule has 2 N–H and O–H groups in total. The minimum Gasteiger partial charge on any atom is -0.480 e. The number of carbonyl (C=O) groups is 2. The Hall–Kier alpha value is -1.50. The molecule has 1 aromatic rings. The zero-order valence-corrected chi connectivity index (χ0v) is 13.7. The SMILES string of the molecule is C=CCOCC(NC(=O)c1cc(Cl)ccc1SCC)C(=O)O. The van der Waals surface area contributed by atoms with E-state index >= 15 is 0 Å². The van der Waals surface area contributed by atoms with Gasteiger partial charge in [-0.25, -0.2) is 4.79 Å². The van der Waals surface area contributed by atoms with Gasteiger partial charge >= 0.3 is 5.97 Å². The van der Waals surface area contributed by atoms with Crippen LogP contribution in [-0.4, -0.2) is 42.0 Å². The normalized spacial score (nSPS) is 11.7. The Balaban J connectivity index is 2.87. The summed E-state index contributed by atoms with van der Waals surface area (Å²) in [5.41, 5.74) is 0.356. The summed E-state index contributed by atoms with van der Waals surface area (Å²) in [6.45, 7) is 5.52. The molecule has 0 spiro atoms. The summed E-state index contributed by atoms with van der Waals surface area (Å²) in [5, 5.41) is 12.0. The smallest absolute Gasteiger partial charge is 0.328 e. The van der Waals surface area contributed by atoms with E-state index in [4.69, 9.17) is 21.4 Å². The topological polar surface area (TPSA) is 75.6 Å². The highest BCUT2D eigenvalue weighted by Gasteiger charge is 2.22. The molecule has 0 aliphatic heterocycles. The number of nitrogens with one attached hydrogen (secondary N) is 1. The van der Waals surface area contributed by atoms with Gasteiger partial charge in [-0.3, -0.25) is 4.79 Å². The van der Waals surface area contributed by atoms with Crippen molar-refractivity contribution in [2.75, 3.05) is 19.0 Å². The van der Waals surface area contributed by atoms with E-state index in [1.807, 2.05) is 6.92 Å². The summed E-state index contributed by atoms with van der Waals surface area (Å²) >= 11 is 7.41. The lowest BCUT2D eigenvalue weighted by Crippen LogP contribution is -2.44. The summed E-state index contributed by atoms with van der Waals surface area (Å²) in [5.74, 6) is -0.871. The van der Waals surface area contributed by atoms with Crippen molar-refractivity contribution >= 4 is 35.2 Å². The summed E-state index contributed by atoms with van der Waals surface area (Å²) in [4.78, 5) is 24.3.